The zero-order valence-corrected chi connectivity index (χ0v) is 15.2. The van der Waals surface area contributed by atoms with E-state index >= 15 is 0 Å². The van der Waals surface area contributed by atoms with Gasteiger partial charge in [0.05, 0.1) is 6.04 Å². The molecule has 1 aliphatic heterocycles. The van der Waals surface area contributed by atoms with E-state index in [1.165, 1.54) is 6.07 Å². The SMILES string of the molecule is CCCC[C@H](CC)CN1C(=O)c2n[nH]c(C)c2[C@@H]1c1ccccc1F. The minimum Gasteiger partial charge on any atom is -0.326 e. The van der Waals surface area contributed by atoms with Crippen molar-refractivity contribution in [1.29, 1.82) is 0 Å². The maximum Gasteiger partial charge on any atom is 0.275 e. The van der Waals surface area contributed by atoms with Gasteiger partial charge in [0.25, 0.3) is 5.91 Å². The van der Waals surface area contributed by atoms with Crippen molar-refractivity contribution in [3.05, 3.63) is 52.6 Å². The van der Waals surface area contributed by atoms with Gasteiger partial charge in [-0.1, -0.05) is 51.3 Å². The van der Waals surface area contributed by atoms with E-state index in [4.69, 9.17) is 0 Å². The molecule has 0 unspecified atom stereocenters. The van der Waals surface area contributed by atoms with Crippen LogP contribution in [0.4, 0.5) is 4.39 Å². The summed E-state index contributed by atoms with van der Waals surface area (Å²) in [6, 6.07) is 6.34. The van der Waals surface area contributed by atoms with Gasteiger partial charge in [-0.3, -0.25) is 9.89 Å². The highest BCUT2D eigenvalue weighted by molar-refractivity contribution is 5.98. The van der Waals surface area contributed by atoms with Gasteiger partial charge in [-0.2, -0.15) is 5.10 Å². The number of benzene rings is 1. The van der Waals surface area contributed by atoms with Crippen LogP contribution in [0.5, 0.6) is 0 Å². The quantitative estimate of drug-likeness (QED) is 0.797. The van der Waals surface area contributed by atoms with E-state index in [2.05, 4.69) is 24.0 Å². The predicted molar refractivity (Wildman–Crippen MR) is 95.9 cm³/mol. The van der Waals surface area contributed by atoms with E-state index in [1.807, 2.05) is 17.9 Å². The van der Waals surface area contributed by atoms with Crippen LogP contribution >= 0.6 is 0 Å². The van der Waals surface area contributed by atoms with Crippen molar-refractivity contribution in [3.63, 3.8) is 0 Å². The van der Waals surface area contributed by atoms with Crippen LogP contribution in [0.1, 0.15) is 72.9 Å². The van der Waals surface area contributed by atoms with Gasteiger partial charge in [-0.25, -0.2) is 4.39 Å². The molecule has 1 amide bonds. The van der Waals surface area contributed by atoms with Gasteiger partial charge in [-0.05, 0) is 25.3 Å². The molecule has 4 nitrogen and oxygen atoms in total. The van der Waals surface area contributed by atoms with Gasteiger partial charge in [0, 0.05) is 23.4 Å². The van der Waals surface area contributed by atoms with Crippen LogP contribution in [0.15, 0.2) is 24.3 Å². The molecule has 2 aromatic rings. The van der Waals surface area contributed by atoms with E-state index in [9.17, 15) is 9.18 Å². The maximum atomic E-state index is 14.5. The van der Waals surface area contributed by atoms with Gasteiger partial charge in [0.2, 0.25) is 0 Å². The molecule has 2 heterocycles. The van der Waals surface area contributed by atoms with Crippen LogP contribution in [0.25, 0.3) is 0 Å². The number of rotatable bonds is 7. The molecule has 3 rings (SSSR count). The fourth-order valence-electron chi connectivity index (χ4n) is 3.75. The van der Waals surface area contributed by atoms with Crippen molar-refractivity contribution in [2.75, 3.05) is 6.54 Å². The first-order valence-corrected chi connectivity index (χ1v) is 9.18. The van der Waals surface area contributed by atoms with Crippen molar-refractivity contribution in [2.24, 2.45) is 5.92 Å². The van der Waals surface area contributed by atoms with E-state index < -0.39 is 6.04 Å². The molecule has 1 aromatic heterocycles. The maximum absolute atomic E-state index is 14.5. The van der Waals surface area contributed by atoms with Crippen molar-refractivity contribution < 1.29 is 9.18 Å². The van der Waals surface area contributed by atoms with Gasteiger partial charge >= 0.3 is 0 Å². The number of amides is 1. The number of unbranched alkanes of at least 4 members (excludes halogenated alkanes) is 1. The lowest BCUT2D eigenvalue weighted by Crippen LogP contribution is -2.34. The summed E-state index contributed by atoms with van der Waals surface area (Å²) in [6.45, 7) is 6.87. The Morgan fingerprint density at radius 1 is 1.32 bits per heavy atom. The number of nitrogens with zero attached hydrogens (tertiary/aromatic N) is 2. The highest BCUT2D eigenvalue weighted by Gasteiger charge is 2.42. The second-order valence-electron chi connectivity index (χ2n) is 6.91. The summed E-state index contributed by atoms with van der Waals surface area (Å²) in [7, 11) is 0. The lowest BCUT2D eigenvalue weighted by atomic mass is 9.95. The lowest BCUT2D eigenvalue weighted by molar-refractivity contribution is 0.0704. The van der Waals surface area contributed by atoms with Gasteiger partial charge < -0.3 is 4.90 Å². The second kappa shape index (κ2) is 7.38. The van der Waals surface area contributed by atoms with Crippen LogP contribution in [-0.2, 0) is 0 Å². The molecule has 0 saturated carbocycles. The fourth-order valence-corrected chi connectivity index (χ4v) is 3.75. The number of hydrogen-bond acceptors (Lipinski definition) is 2. The predicted octanol–water partition coefficient (Wildman–Crippen LogP) is 4.62. The normalized spacial score (nSPS) is 17.8. The summed E-state index contributed by atoms with van der Waals surface area (Å²) in [5, 5.41) is 7.08. The number of aryl methyl sites for hydroxylation is 1. The highest BCUT2D eigenvalue weighted by atomic mass is 19.1. The average molecular weight is 343 g/mol. The third-order valence-corrected chi connectivity index (χ3v) is 5.24. The molecule has 0 radical (unpaired) electrons. The Balaban J connectivity index is 1.98. The van der Waals surface area contributed by atoms with E-state index in [-0.39, 0.29) is 11.7 Å². The zero-order valence-electron chi connectivity index (χ0n) is 15.2. The third-order valence-electron chi connectivity index (χ3n) is 5.24. The van der Waals surface area contributed by atoms with Gasteiger partial charge in [-0.15, -0.1) is 0 Å². The molecule has 2 atom stereocenters. The molecule has 1 N–H and O–H groups in total. The molecule has 0 saturated heterocycles. The first-order chi connectivity index (χ1) is 12.1. The van der Waals surface area contributed by atoms with Crippen LogP contribution in [0.3, 0.4) is 0 Å². The Hall–Kier alpha value is -2.17. The summed E-state index contributed by atoms with van der Waals surface area (Å²) in [6.07, 6.45) is 4.39. The Morgan fingerprint density at radius 2 is 2.08 bits per heavy atom. The number of halogens is 1. The number of aromatic amines is 1. The summed E-state index contributed by atoms with van der Waals surface area (Å²) >= 11 is 0. The Kier molecular flexibility index (Phi) is 5.21. The zero-order chi connectivity index (χ0) is 18.0. The first-order valence-electron chi connectivity index (χ1n) is 9.18. The van der Waals surface area contributed by atoms with E-state index in [0.29, 0.717) is 23.7 Å². The molecular formula is C20H26FN3O. The monoisotopic (exact) mass is 343 g/mol. The Bertz CT molecular complexity index is 755. The molecule has 5 heteroatoms. The first kappa shape index (κ1) is 17.6. The Morgan fingerprint density at radius 3 is 2.76 bits per heavy atom. The van der Waals surface area contributed by atoms with Gasteiger partial charge in [0.15, 0.2) is 5.69 Å². The lowest BCUT2D eigenvalue weighted by Gasteiger charge is -2.30. The van der Waals surface area contributed by atoms with Crippen molar-refractivity contribution in [2.45, 2.75) is 52.5 Å². The van der Waals surface area contributed by atoms with Crippen LogP contribution in [0.2, 0.25) is 0 Å². The number of carbonyl (C=O) groups is 1. The van der Waals surface area contributed by atoms with Crippen molar-refractivity contribution in [1.82, 2.24) is 15.1 Å². The van der Waals surface area contributed by atoms with Crippen LogP contribution in [-0.4, -0.2) is 27.5 Å². The summed E-state index contributed by atoms with van der Waals surface area (Å²) in [5.41, 5.74) is 2.64. The largest absolute Gasteiger partial charge is 0.326 e. The summed E-state index contributed by atoms with van der Waals surface area (Å²) < 4.78 is 14.5. The Labute approximate surface area is 148 Å². The number of nitrogens with one attached hydrogen (secondary N) is 1. The summed E-state index contributed by atoms with van der Waals surface area (Å²) in [5.74, 6) is 0.0503. The second-order valence-corrected chi connectivity index (χ2v) is 6.91. The smallest absolute Gasteiger partial charge is 0.275 e. The van der Waals surface area contributed by atoms with Gasteiger partial charge in [0.1, 0.15) is 5.82 Å². The number of aromatic nitrogens is 2. The highest BCUT2D eigenvalue weighted by Crippen LogP contribution is 2.41. The number of hydrogen-bond donors (Lipinski definition) is 1. The van der Waals surface area contributed by atoms with Crippen molar-refractivity contribution in [3.8, 4) is 0 Å². The molecule has 0 spiro atoms. The minimum absolute atomic E-state index is 0.0949. The molecule has 1 aromatic carbocycles. The fraction of sp³-hybridized carbons (Fsp3) is 0.500. The molecule has 134 valence electrons. The number of H-pyrrole nitrogens is 1. The number of carbonyl (C=O) groups excluding carboxylic acids is 1. The third kappa shape index (κ3) is 3.20. The standard InChI is InChI=1S/C20H26FN3O/c1-4-6-9-14(5-2)12-24-19(15-10-7-8-11-16(15)21)17-13(3)22-23-18(17)20(24)25/h7-8,10-11,14,19H,4-6,9,12H2,1-3H3,(H,22,23)/t14-,19-/m0/s1. The number of fused-ring (bicyclic) bond motifs is 1. The summed E-state index contributed by atoms with van der Waals surface area (Å²) in [4.78, 5) is 14.8. The minimum atomic E-state index is -0.391. The molecule has 1 aliphatic rings. The van der Waals surface area contributed by atoms with Crippen molar-refractivity contribution >= 4 is 5.91 Å². The molecular weight excluding hydrogens is 317 g/mol. The average Bonchev–Trinajstić information content (AvgIpc) is 3.11. The van der Waals surface area contributed by atoms with Crippen LogP contribution < -0.4 is 0 Å². The van der Waals surface area contributed by atoms with E-state index in [1.54, 1.807) is 12.1 Å². The molecule has 0 aliphatic carbocycles. The molecule has 25 heavy (non-hydrogen) atoms. The van der Waals surface area contributed by atoms with Crippen LogP contribution in [0, 0.1) is 18.7 Å². The molecule has 0 bridgehead atoms. The van der Waals surface area contributed by atoms with E-state index in [0.717, 1.165) is 36.9 Å². The topological polar surface area (TPSA) is 49.0 Å². The molecule has 0 fully saturated rings.